The van der Waals surface area contributed by atoms with Crippen LogP contribution in [0, 0.1) is 5.41 Å². The van der Waals surface area contributed by atoms with E-state index in [0.717, 1.165) is 23.8 Å². The van der Waals surface area contributed by atoms with Gasteiger partial charge in [-0.3, -0.25) is 0 Å². The van der Waals surface area contributed by atoms with Crippen molar-refractivity contribution in [1.29, 1.82) is 0 Å². The summed E-state index contributed by atoms with van der Waals surface area (Å²) in [6.45, 7) is 6.38. The van der Waals surface area contributed by atoms with E-state index in [1.54, 1.807) is 11.3 Å². The number of nitrogens with two attached hydrogens (primary N) is 1. The lowest BCUT2D eigenvalue weighted by Gasteiger charge is -2.33. The second kappa shape index (κ2) is 6.13. The Morgan fingerprint density at radius 1 is 1.44 bits per heavy atom. The fraction of sp³-hybridized carbons (Fsp3) is 0.786. The van der Waals surface area contributed by atoms with Gasteiger partial charge in [0.05, 0.1) is 11.7 Å². The molecule has 0 saturated heterocycles. The van der Waals surface area contributed by atoms with E-state index < -0.39 is 0 Å². The number of hydrogen-bond donors (Lipinski definition) is 2. The van der Waals surface area contributed by atoms with Gasteiger partial charge in [-0.1, -0.05) is 26.2 Å². The number of nitrogens with zero attached hydrogens (tertiary/aromatic N) is 1. The Hall–Kier alpha value is -0.450. The van der Waals surface area contributed by atoms with Crippen LogP contribution in [0.4, 0.5) is 0 Å². The molecule has 1 aromatic rings. The summed E-state index contributed by atoms with van der Waals surface area (Å²) in [5, 5.41) is 6.73. The van der Waals surface area contributed by atoms with E-state index >= 15 is 0 Å². The molecule has 1 fully saturated rings. The highest BCUT2D eigenvalue weighted by Gasteiger charge is 2.26. The van der Waals surface area contributed by atoms with Crippen LogP contribution < -0.4 is 11.1 Å². The highest BCUT2D eigenvalue weighted by atomic mass is 32.1. The van der Waals surface area contributed by atoms with Crippen LogP contribution in [0.15, 0.2) is 5.38 Å². The van der Waals surface area contributed by atoms with Crippen LogP contribution in [0.1, 0.15) is 62.7 Å². The Morgan fingerprint density at radius 2 is 2.17 bits per heavy atom. The summed E-state index contributed by atoms with van der Waals surface area (Å²) in [6, 6.07) is 0.0552. The molecule has 1 aromatic heterocycles. The van der Waals surface area contributed by atoms with Crippen molar-refractivity contribution < 1.29 is 0 Å². The average Bonchev–Trinajstić information content (AvgIpc) is 2.78. The molecule has 0 bridgehead atoms. The van der Waals surface area contributed by atoms with Crippen LogP contribution in [0.3, 0.4) is 0 Å². The molecule has 4 heteroatoms. The minimum atomic E-state index is 0.0552. The molecular formula is C14H25N3S. The first kappa shape index (κ1) is 14.0. The molecule has 1 heterocycles. The van der Waals surface area contributed by atoms with Crippen molar-refractivity contribution in [1.82, 2.24) is 10.3 Å². The largest absolute Gasteiger partial charge is 0.322 e. The van der Waals surface area contributed by atoms with Gasteiger partial charge in [0.1, 0.15) is 5.01 Å². The van der Waals surface area contributed by atoms with Crippen molar-refractivity contribution in [3.05, 3.63) is 16.1 Å². The number of nitrogens with one attached hydrogen (secondary N) is 1. The Kier molecular flexibility index (Phi) is 4.76. The van der Waals surface area contributed by atoms with Crippen molar-refractivity contribution in [2.75, 3.05) is 6.54 Å². The van der Waals surface area contributed by atoms with E-state index in [1.807, 2.05) is 6.92 Å². The Morgan fingerprint density at radius 3 is 2.78 bits per heavy atom. The first-order chi connectivity index (χ1) is 8.59. The maximum Gasteiger partial charge on any atom is 0.109 e. The zero-order chi connectivity index (χ0) is 13.0. The molecule has 1 saturated carbocycles. The van der Waals surface area contributed by atoms with Crippen molar-refractivity contribution in [3.63, 3.8) is 0 Å². The molecule has 0 aliphatic heterocycles. The highest BCUT2D eigenvalue weighted by molar-refractivity contribution is 7.09. The van der Waals surface area contributed by atoms with Gasteiger partial charge in [0.15, 0.2) is 0 Å². The molecule has 0 radical (unpaired) electrons. The third-order valence-corrected chi connectivity index (χ3v) is 4.97. The lowest BCUT2D eigenvalue weighted by molar-refractivity contribution is 0.207. The van der Waals surface area contributed by atoms with E-state index in [1.165, 1.54) is 32.1 Å². The summed E-state index contributed by atoms with van der Waals surface area (Å²) in [5.74, 6) is 0. The van der Waals surface area contributed by atoms with Gasteiger partial charge in [-0.15, -0.1) is 11.3 Å². The lowest BCUT2D eigenvalue weighted by Crippen LogP contribution is -2.33. The minimum absolute atomic E-state index is 0.0552. The van der Waals surface area contributed by atoms with Gasteiger partial charge in [0.2, 0.25) is 0 Å². The van der Waals surface area contributed by atoms with Crippen LogP contribution in [0.2, 0.25) is 0 Å². The minimum Gasteiger partial charge on any atom is -0.322 e. The third kappa shape index (κ3) is 3.77. The number of hydrogen-bond acceptors (Lipinski definition) is 4. The lowest BCUT2D eigenvalue weighted by atomic mass is 9.76. The molecule has 3 N–H and O–H groups in total. The predicted molar refractivity (Wildman–Crippen MR) is 77.6 cm³/mol. The first-order valence-electron chi connectivity index (χ1n) is 7.00. The van der Waals surface area contributed by atoms with Crippen molar-refractivity contribution in [3.8, 4) is 0 Å². The van der Waals surface area contributed by atoms with Gasteiger partial charge in [-0.2, -0.15) is 0 Å². The molecular weight excluding hydrogens is 242 g/mol. The van der Waals surface area contributed by atoms with Gasteiger partial charge >= 0.3 is 0 Å². The van der Waals surface area contributed by atoms with Gasteiger partial charge in [-0.25, -0.2) is 4.98 Å². The summed E-state index contributed by atoms with van der Waals surface area (Å²) in [4.78, 5) is 4.55. The number of rotatable bonds is 5. The Balaban J connectivity index is 1.77. The molecule has 2 rings (SSSR count). The van der Waals surface area contributed by atoms with Crippen molar-refractivity contribution in [2.24, 2.45) is 11.1 Å². The highest BCUT2D eigenvalue weighted by Crippen LogP contribution is 2.34. The summed E-state index contributed by atoms with van der Waals surface area (Å²) in [7, 11) is 0. The summed E-state index contributed by atoms with van der Waals surface area (Å²) >= 11 is 1.67. The molecule has 1 atom stereocenters. The molecule has 0 amide bonds. The van der Waals surface area contributed by atoms with E-state index in [4.69, 9.17) is 5.73 Å². The molecule has 0 spiro atoms. The monoisotopic (exact) mass is 267 g/mol. The first-order valence-corrected chi connectivity index (χ1v) is 7.88. The zero-order valence-electron chi connectivity index (χ0n) is 11.5. The van der Waals surface area contributed by atoms with Gasteiger partial charge in [0.25, 0.3) is 0 Å². The summed E-state index contributed by atoms with van der Waals surface area (Å²) in [6.07, 6.45) is 6.93. The van der Waals surface area contributed by atoms with Crippen molar-refractivity contribution in [2.45, 2.75) is 58.5 Å². The average molecular weight is 267 g/mol. The maximum absolute atomic E-state index is 5.82. The SMILES string of the molecule is CC(N)c1nc(CNCC2(C)CCCCC2)cs1. The predicted octanol–water partition coefficient (Wildman–Crippen LogP) is 3.22. The van der Waals surface area contributed by atoms with Gasteiger partial charge in [0, 0.05) is 18.5 Å². The van der Waals surface area contributed by atoms with Crippen LogP contribution in [0.25, 0.3) is 0 Å². The van der Waals surface area contributed by atoms with Crippen LogP contribution in [-0.2, 0) is 6.54 Å². The summed E-state index contributed by atoms with van der Waals surface area (Å²) < 4.78 is 0. The standard InChI is InChI=1S/C14H25N3S/c1-11(15)13-17-12(9-18-13)8-16-10-14(2)6-4-3-5-7-14/h9,11,16H,3-8,10,15H2,1-2H3. The maximum atomic E-state index is 5.82. The van der Waals surface area contributed by atoms with E-state index in [2.05, 4.69) is 22.6 Å². The third-order valence-electron chi connectivity index (χ3n) is 3.88. The second-order valence-corrected chi connectivity index (χ2v) is 6.83. The topological polar surface area (TPSA) is 50.9 Å². The number of aromatic nitrogens is 1. The smallest absolute Gasteiger partial charge is 0.109 e. The van der Waals surface area contributed by atoms with Crippen LogP contribution in [-0.4, -0.2) is 11.5 Å². The second-order valence-electron chi connectivity index (χ2n) is 5.94. The molecule has 1 aliphatic rings. The van der Waals surface area contributed by atoms with Crippen LogP contribution in [0.5, 0.6) is 0 Å². The van der Waals surface area contributed by atoms with Crippen molar-refractivity contribution >= 4 is 11.3 Å². The van der Waals surface area contributed by atoms with Gasteiger partial charge < -0.3 is 11.1 Å². The fourth-order valence-corrected chi connectivity index (χ4v) is 3.46. The van der Waals surface area contributed by atoms with E-state index in [0.29, 0.717) is 5.41 Å². The zero-order valence-corrected chi connectivity index (χ0v) is 12.4. The van der Waals surface area contributed by atoms with Gasteiger partial charge in [-0.05, 0) is 25.2 Å². The molecule has 102 valence electrons. The fourth-order valence-electron chi connectivity index (χ4n) is 2.69. The Labute approximate surface area is 114 Å². The summed E-state index contributed by atoms with van der Waals surface area (Å²) in [5.41, 5.74) is 7.45. The van der Waals surface area contributed by atoms with E-state index in [9.17, 15) is 0 Å². The molecule has 1 unspecified atom stereocenters. The normalized spacial score (nSPS) is 20.8. The van der Waals surface area contributed by atoms with E-state index in [-0.39, 0.29) is 6.04 Å². The van der Waals surface area contributed by atoms with Crippen LogP contribution >= 0.6 is 11.3 Å². The Bertz CT molecular complexity index is 367. The molecule has 1 aliphatic carbocycles. The quantitative estimate of drug-likeness (QED) is 0.861. The number of thiazole rings is 1. The molecule has 0 aromatic carbocycles. The molecule has 18 heavy (non-hydrogen) atoms. The molecule has 3 nitrogen and oxygen atoms in total.